The Balaban J connectivity index is 1.81. The Bertz CT molecular complexity index is 1140. The van der Waals surface area contributed by atoms with E-state index in [9.17, 15) is 18.0 Å². The number of fused-ring (bicyclic) bond motifs is 1. The zero-order valence-corrected chi connectivity index (χ0v) is 17.2. The molecule has 6 nitrogen and oxygen atoms in total. The van der Waals surface area contributed by atoms with Gasteiger partial charge in [0.2, 0.25) is 5.95 Å². The molecule has 2 aromatic heterocycles. The molecule has 0 N–H and O–H groups in total. The predicted octanol–water partition coefficient (Wildman–Crippen LogP) is 4.10. The van der Waals surface area contributed by atoms with E-state index in [1.165, 1.54) is 10.6 Å². The number of anilines is 2. The summed E-state index contributed by atoms with van der Waals surface area (Å²) in [5, 5.41) is 0. The van der Waals surface area contributed by atoms with Crippen LogP contribution in [-0.2, 0) is 25.8 Å². The first kappa shape index (κ1) is 21.0. The van der Waals surface area contributed by atoms with E-state index in [2.05, 4.69) is 9.97 Å². The zero-order valence-electron chi connectivity index (χ0n) is 17.2. The van der Waals surface area contributed by atoms with Crippen LogP contribution in [0, 0.1) is 6.92 Å². The van der Waals surface area contributed by atoms with E-state index < -0.39 is 11.7 Å². The predicted molar refractivity (Wildman–Crippen MR) is 111 cm³/mol. The maximum atomic E-state index is 13.3. The van der Waals surface area contributed by atoms with Crippen LogP contribution in [0.4, 0.5) is 24.8 Å². The smallest absolute Gasteiger partial charge is 0.298 e. The molecule has 0 saturated heterocycles. The molecule has 0 atom stereocenters. The number of rotatable bonds is 4. The molecule has 0 spiro atoms. The third-order valence-electron chi connectivity index (χ3n) is 5.34. The van der Waals surface area contributed by atoms with Crippen LogP contribution in [-0.4, -0.2) is 26.1 Å². The number of pyridine rings is 1. The normalized spacial score (nSPS) is 14.5. The Morgan fingerprint density at radius 1 is 1.13 bits per heavy atom. The average molecular weight is 429 g/mol. The highest BCUT2D eigenvalue weighted by atomic mass is 19.4. The van der Waals surface area contributed by atoms with E-state index in [0.717, 1.165) is 17.7 Å². The Hall–Kier alpha value is -3.20. The van der Waals surface area contributed by atoms with Gasteiger partial charge in [0.1, 0.15) is 0 Å². The second-order valence-corrected chi connectivity index (χ2v) is 7.51. The molecule has 9 heteroatoms. The molecular formula is C22H22F3N5O. The summed E-state index contributed by atoms with van der Waals surface area (Å²) in [5.41, 5.74) is 1.56. The molecule has 162 valence electrons. The fourth-order valence-electron chi connectivity index (χ4n) is 3.83. The van der Waals surface area contributed by atoms with Crippen molar-refractivity contribution in [3.05, 3.63) is 81.5 Å². The zero-order chi connectivity index (χ0) is 22.2. The highest BCUT2D eigenvalue weighted by Crippen LogP contribution is 2.34. The molecule has 1 aliphatic rings. The van der Waals surface area contributed by atoms with Crippen molar-refractivity contribution in [3.8, 4) is 0 Å². The first-order chi connectivity index (χ1) is 14.8. The van der Waals surface area contributed by atoms with Crippen LogP contribution in [0.1, 0.15) is 29.3 Å². The van der Waals surface area contributed by atoms with Crippen LogP contribution in [0.5, 0.6) is 0 Å². The van der Waals surface area contributed by atoms with Crippen molar-refractivity contribution in [1.29, 1.82) is 0 Å². The third kappa shape index (κ3) is 4.18. The highest BCUT2D eigenvalue weighted by molar-refractivity contribution is 5.59. The van der Waals surface area contributed by atoms with Crippen molar-refractivity contribution >= 4 is 11.6 Å². The van der Waals surface area contributed by atoms with Crippen LogP contribution in [0.3, 0.4) is 0 Å². The number of aromatic nitrogens is 3. The first-order valence-corrected chi connectivity index (χ1v) is 9.94. The van der Waals surface area contributed by atoms with Crippen molar-refractivity contribution in [2.75, 3.05) is 11.6 Å². The summed E-state index contributed by atoms with van der Waals surface area (Å²) in [6.07, 6.45) is -0.521. The second-order valence-electron chi connectivity index (χ2n) is 7.51. The molecule has 1 aliphatic heterocycles. The van der Waals surface area contributed by atoms with Crippen molar-refractivity contribution in [2.45, 2.75) is 39.7 Å². The van der Waals surface area contributed by atoms with Gasteiger partial charge in [-0.1, -0.05) is 19.1 Å². The minimum Gasteiger partial charge on any atom is -0.298 e. The molecule has 3 heterocycles. The molecule has 0 saturated carbocycles. The van der Waals surface area contributed by atoms with Crippen LogP contribution in [0.25, 0.3) is 0 Å². The van der Waals surface area contributed by atoms with E-state index >= 15 is 0 Å². The van der Waals surface area contributed by atoms with Gasteiger partial charge in [-0.05, 0) is 43.2 Å². The number of alkyl halides is 3. The van der Waals surface area contributed by atoms with Gasteiger partial charge in [-0.15, -0.1) is 0 Å². The van der Waals surface area contributed by atoms with Gasteiger partial charge in [-0.25, -0.2) is 4.98 Å². The molecule has 31 heavy (non-hydrogen) atoms. The fourth-order valence-corrected chi connectivity index (χ4v) is 3.83. The molecule has 0 bridgehead atoms. The summed E-state index contributed by atoms with van der Waals surface area (Å²) in [5.74, 6) is 0.349. The minimum atomic E-state index is -4.46. The molecule has 0 amide bonds. The van der Waals surface area contributed by atoms with Gasteiger partial charge >= 0.3 is 6.18 Å². The van der Waals surface area contributed by atoms with E-state index in [1.54, 1.807) is 30.3 Å². The lowest BCUT2D eigenvalue weighted by Gasteiger charge is -2.38. The number of benzene rings is 1. The topological polar surface area (TPSA) is 54.3 Å². The van der Waals surface area contributed by atoms with Gasteiger partial charge < -0.3 is 0 Å². The largest absolute Gasteiger partial charge is 0.416 e. The van der Waals surface area contributed by atoms with Crippen molar-refractivity contribution in [1.82, 2.24) is 19.4 Å². The highest BCUT2D eigenvalue weighted by Gasteiger charge is 2.33. The minimum absolute atomic E-state index is 0.169. The lowest BCUT2D eigenvalue weighted by Crippen LogP contribution is -2.47. The van der Waals surface area contributed by atoms with Gasteiger partial charge in [-0.2, -0.15) is 13.2 Å². The Labute approximate surface area is 177 Å². The van der Waals surface area contributed by atoms with Crippen LogP contribution < -0.4 is 10.5 Å². The van der Waals surface area contributed by atoms with Crippen molar-refractivity contribution in [3.63, 3.8) is 0 Å². The summed E-state index contributed by atoms with van der Waals surface area (Å²) in [4.78, 5) is 25.5. The quantitative estimate of drug-likeness (QED) is 0.625. The molecule has 4 rings (SSSR count). The average Bonchev–Trinajstić information content (AvgIpc) is 2.74. The summed E-state index contributed by atoms with van der Waals surface area (Å²) in [6.45, 7) is 4.71. The summed E-state index contributed by atoms with van der Waals surface area (Å²) >= 11 is 0. The third-order valence-corrected chi connectivity index (χ3v) is 5.34. The van der Waals surface area contributed by atoms with Gasteiger partial charge in [0.25, 0.3) is 5.56 Å². The Morgan fingerprint density at radius 3 is 2.61 bits per heavy atom. The van der Waals surface area contributed by atoms with Gasteiger partial charge in [-0.3, -0.25) is 24.1 Å². The molecule has 1 aromatic carbocycles. The molecular weight excluding hydrogens is 407 g/mol. The summed E-state index contributed by atoms with van der Waals surface area (Å²) in [6, 6.07) is 8.84. The number of hydrogen-bond acceptors (Lipinski definition) is 5. The Kier molecular flexibility index (Phi) is 5.53. The fraction of sp³-hybridized carbons (Fsp3) is 0.318. The SMILES string of the molecule is CCc1c(C)nc2n(c1=O)CN(Cc1cccnc1)CN2c1cccc(C(F)(F)F)c1. The van der Waals surface area contributed by atoms with Gasteiger partial charge in [0.15, 0.2) is 0 Å². The standard InChI is InChI=1S/C22H22F3N5O/c1-3-19-15(2)27-21-29(18-8-4-7-17(10-18)22(23,24)25)13-28(14-30(21)20(19)31)12-16-6-5-9-26-11-16/h4-11H,3,12-14H2,1-2H3. The summed E-state index contributed by atoms with van der Waals surface area (Å²) in [7, 11) is 0. The molecule has 0 fully saturated rings. The number of halogens is 3. The van der Waals surface area contributed by atoms with Crippen LogP contribution >= 0.6 is 0 Å². The number of aryl methyl sites for hydroxylation is 1. The van der Waals surface area contributed by atoms with Crippen molar-refractivity contribution in [2.24, 2.45) is 0 Å². The maximum Gasteiger partial charge on any atom is 0.416 e. The van der Waals surface area contributed by atoms with Gasteiger partial charge in [0, 0.05) is 35.9 Å². The summed E-state index contributed by atoms with van der Waals surface area (Å²) < 4.78 is 41.5. The van der Waals surface area contributed by atoms with Crippen LogP contribution in [0.15, 0.2) is 53.6 Å². The van der Waals surface area contributed by atoms with Crippen LogP contribution in [0.2, 0.25) is 0 Å². The number of nitrogens with zero attached hydrogens (tertiary/aromatic N) is 5. The van der Waals surface area contributed by atoms with Crippen molar-refractivity contribution < 1.29 is 13.2 Å². The molecule has 3 aromatic rings. The monoisotopic (exact) mass is 429 g/mol. The molecule has 0 aliphatic carbocycles. The first-order valence-electron chi connectivity index (χ1n) is 9.94. The number of hydrogen-bond donors (Lipinski definition) is 0. The second kappa shape index (κ2) is 8.14. The lowest BCUT2D eigenvalue weighted by atomic mass is 10.1. The van der Waals surface area contributed by atoms with E-state index in [-0.39, 0.29) is 12.2 Å². The van der Waals surface area contributed by atoms with E-state index in [1.807, 2.05) is 24.0 Å². The molecule has 0 unspecified atom stereocenters. The Morgan fingerprint density at radius 2 is 1.94 bits per heavy atom. The van der Waals surface area contributed by atoms with Gasteiger partial charge in [0.05, 0.1) is 18.9 Å². The van der Waals surface area contributed by atoms with E-state index in [0.29, 0.717) is 42.5 Å². The lowest BCUT2D eigenvalue weighted by molar-refractivity contribution is -0.137. The van der Waals surface area contributed by atoms with E-state index in [4.69, 9.17) is 0 Å². The maximum absolute atomic E-state index is 13.3. The molecule has 0 radical (unpaired) electrons.